The van der Waals surface area contributed by atoms with Crippen molar-refractivity contribution in [2.75, 3.05) is 13.1 Å². The van der Waals surface area contributed by atoms with Gasteiger partial charge in [-0.2, -0.15) is 0 Å². The summed E-state index contributed by atoms with van der Waals surface area (Å²) in [6, 6.07) is 1.42. The van der Waals surface area contributed by atoms with E-state index in [1.165, 1.54) is 0 Å². The maximum atomic E-state index is 13.7. The van der Waals surface area contributed by atoms with Gasteiger partial charge >= 0.3 is 0 Å². The molecule has 4 nitrogen and oxygen atoms in total. The molecule has 2 rings (SSSR count). The third-order valence-corrected chi connectivity index (χ3v) is 2.62. The van der Waals surface area contributed by atoms with Gasteiger partial charge in [0.15, 0.2) is 0 Å². The zero-order chi connectivity index (χ0) is 12.4. The van der Waals surface area contributed by atoms with Crippen LogP contribution in [0.3, 0.4) is 0 Å². The van der Waals surface area contributed by atoms with E-state index < -0.39 is 22.2 Å². The van der Waals surface area contributed by atoms with Crippen LogP contribution in [-0.2, 0) is 0 Å². The Bertz CT molecular complexity index is 500. The third-order valence-electron chi connectivity index (χ3n) is 2.62. The molecule has 0 aromatic heterocycles. The number of nitro benzene ring substituents is 1. The summed E-state index contributed by atoms with van der Waals surface area (Å²) in [4.78, 5) is 10.0. The Labute approximate surface area is 96.1 Å². The first kappa shape index (κ1) is 11.7. The molecule has 0 saturated heterocycles. The lowest BCUT2D eigenvalue weighted by atomic mass is 9.98. The van der Waals surface area contributed by atoms with Gasteiger partial charge in [0.25, 0.3) is 5.69 Å². The minimum absolute atomic E-state index is 0.0992. The molecule has 0 aliphatic carbocycles. The van der Waals surface area contributed by atoms with Crippen LogP contribution in [0.25, 0.3) is 5.57 Å². The molecule has 1 N–H and O–H groups in total. The molecule has 0 saturated carbocycles. The van der Waals surface area contributed by atoms with E-state index in [-0.39, 0.29) is 5.56 Å². The van der Waals surface area contributed by atoms with Crippen LogP contribution in [0.15, 0.2) is 18.2 Å². The van der Waals surface area contributed by atoms with Gasteiger partial charge in [0.05, 0.1) is 16.6 Å². The molecule has 6 heteroatoms. The van der Waals surface area contributed by atoms with E-state index >= 15 is 0 Å². The van der Waals surface area contributed by atoms with E-state index in [1.54, 1.807) is 6.08 Å². The smallest absolute Gasteiger partial charge is 0.282 e. The first-order chi connectivity index (χ1) is 8.09. The third kappa shape index (κ3) is 2.31. The normalized spacial score (nSPS) is 15.5. The van der Waals surface area contributed by atoms with E-state index in [0.717, 1.165) is 6.07 Å². The fourth-order valence-corrected chi connectivity index (χ4v) is 1.87. The van der Waals surface area contributed by atoms with Gasteiger partial charge in [-0.3, -0.25) is 10.1 Å². The van der Waals surface area contributed by atoms with Crippen molar-refractivity contribution in [3.63, 3.8) is 0 Å². The largest absolute Gasteiger partial charge is 0.313 e. The fourth-order valence-electron chi connectivity index (χ4n) is 1.87. The van der Waals surface area contributed by atoms with Gasteiger partial charge in [0, 0.05) is 12.6 Å². The van der Waals surface area contributed by atoms with Crippen LogP contribution in [-0.4, -0.2) is 18.0 Å². The Balaban J connectivity index is 2.58. The Kier molecular flexibility index (Phi) is 3.14. The van der Waals surface area contributed by atoms with E-state index in [2.05, 4.69) is 5.32 Å². The van der Waals surface area contributed by atoms with Crippen molar-refractivity contribution < 1.29 is 13.7 Å². The molecule has 0 unspecified atom stereocenters. The summed E-state index contributed by atoms with van der Waals surface area (Å²) >= 11 is 0. The highest BCUT2D eigenvalue weighted by Gasteiger charge is 2.23. The maximum Gasteiger partial charge on any atom is 0.282 e. The van der Waals surface area contributed by atoms with Crippen LogP contribution in [0.1, 0.15) is 12.0 Å². The van der Waals surface area contributed by atoms with Gasteiger partial charge in [-0.05, 0) is 18.5 Å². The number of hydrogen-bond acceptors (Lipinski definition) is 3. The van der Waals surface area contributed by atoms with E-state index in [0.29, 0.717) is 31.1 Å². The van der Waals surface area contributed by atoms with Gasteiger partial charge < -0.3 is 5.32 Å². The second-order valence-corrected chi connectivity index (χ2v) is 3.72. The summed E-state index contributed by atoms with van der Waals surface area (Å²) < 4.78 is 26.6. The molecule has 90 valence electrons. The van der Waals surface area contributed by atoms with E-state index in [1.807, 2.05) is 0 Å². The molecule has 0 radical (unpaired) electrons. The first-order valence-corrected chi connectivity index (χ1v) is 5.13. The summed E-state index contributed by atoms with van der Waals surface area (Å²) in [6.07, 6.45) is 2.18. The summed E-state index contributed by atoms with van der Waals surface area (Å²) in [5.41, 5.74) is -0.0681. The summed E-state index contributed by atoms with van der Waals surface area (Å²) in [5, 5.41) is 13.8. The number of nitro groups is 1. The monoisotopic (exact) mass is 240 g/mol. The summed E-state index contributed by atoms with van der Waals surface area (Å²) in [6.45, 7) is 1.16. The van der Waals surface area contributed by atoms with Crippen LogP contribution in [0.5, 0.6) is 0 Å². The van der Waals surface area contributed by atoms with Crippen LogP contribution < -0.4 is 5.32 Å². The van der Waals surface area contributed by atoms with Crippen molar-refractivity contribution in [1.82, 2.24) is 5.32 Å². The average molecular weight is 240 g/mol. The Morgan fingerprint density at radius 1 is 1.35 bits per heavy atom. The number of rotatable bonds is 2. The molecule has 0 amide bonds. The lowest BCUT2D eigenvalue weighted by molar-refractivity contribution is -0.385. The van der Waals surface area contributed by atoms with Crippen molar-refractivity contribution in [2.24, 2.45) is 0 Å². The lowest BCUT2D eigenvalue weighted by Crippen LogP contribution is -2.20. The standard InChI is InChI=1S/C11H10F2N2O2/c12-8-5-9(13)11(10(6-8)15(16)17)7-1-3-14-4-2-7/h1,5-6,14H,2-4H2. The van der Waals surface area contributed by atoms with E-state index in [4.69, 9.17) is 0 Å². The number of benzene rings is 1. The van der Waals surface area contributed by atoms with Crippen LogP contribution in [0.2, 0.25) is 0 Å². The fraction of sp³-hybridized carbons (Fsp3) is 0.273. The zero-order valence-corrected chi connectivity index (χ0v) is 8.87. The second kappa shape index (κ2) is 4.58. The van der Waals surface area contributed by atoms with Crippen LogP contribution >= 0.6 is 0 Å². The van der Waals surface area contributed by atoms with E-state index in [9.17, 15) is 18.9 Å². The molecule has 0 fully saturated rings. The second-order valence-electron chi connectivity index (χ2n) is 3.72. The van der Waals surface area contributed by atoms with Gasteiger partial charge in [-0.25, -0.2) is 8.78 Å². The molecule has 0 atom stereocenters. The lowest BCUT2D eigenvalue weighted by Gasteiger charge is -2.14. The van der Waals surface area contributed by atoms with Gasteiger partial charge in [0.1, 0.15) is 11.6 Å². The van der Waals surface area contributed by atoms with Crippen LogP contribution in [0, 0.1) is 21.7 Å². The number of nitrogens with zero attached hydrogens (tertiary/aromatic N) is 1. The van der Waals surface area contributed by atoms with Crippen molar-refractivity contribution in [3.05, 3.63) is 45.5 Å². The highest BCUT2D eigenvalue weighted by molar-refractivity contribution is 5.74. The number of halogens is 2. The maximum absolute atomic E-state index is 13.7. The van der Waals surface area contributed by atoms with Gasteiger partial charge in [-0.1, -0.05) is 6.08 Å². The summed E-state index contributed by atoms with van der Waals surface area (Å²) in [7, 11) is 0. The number of hydrogen-bond donors (Lipinski definition) is 1. The molecule has 1 aliphatic rings. The van der Waals surface area contributed by atoms with Crippen LogP contribution in [0.4, 0.5) is 14.5 Å². The molecule has 0 bridgehead atoms. The molecule has 1 aromatic carbocycles. The summed E-state index contributed by atoms with van der Waals surface area (Å²) in [5.74, 6) is -1.82. The predicted octanol–water partition coefficient (Wildman–Crippen LogP) is 2.25. The topological polar surface area (TPSA) is 55.2 Å². The minimum atomic E-state index is -0.938. The molecule has 1 heterocycles. The molecule has 17 heavy (non-hydrogen) atoms. The zero-order valence-electron chi connectivity index (χ0n) is 8.87. The molecular weight excluding hydrogens is 230 g/mol. The van der Waals surface area contributed by atoms with Crippen molar-refractivity contribution in [3.8, 4) is 0 Å². The molecule has 0 spiro atoms. The Morgan fingerprint density at radius 3 is 2.71 bits per heavy atom. The predicted molar refractivity (Wildman–Crippen MR) is 58.5 cm³/mol. The van der Waals surface area contributed by atoms with Gasteiger partial charge in [-0.15, -0.1) is 0 Å². The van der Waals surface area contributed by atoms with Gasteiger partial charge in [0.2, 0.25) is 0 Å². The minimum Gasteiger partial charge on any atom is -0.313 e. The first-order valence-electron chi connectivity index (χ1n) is 5.13. The molecular formula is C11H10F2N2O2. The number of nitrogens with one attached hydrogen (secondary N) is 1. The van der Waals surface area contributed by atoms with Crippen molar-refractivity contribution in [1.29, 1.82) is 0 Å². The van der Waals surface area contributed by atoms with Crippen molar-refractivity contribution >= 4 is 11.3 Å². The molecule has 1 aromatic rings. The SMILES string of the molecule is O=[N+]([O-])c1cc(F)cc(F)c1C1=CCNCC1. The Morgan fingerprint density at radius 2 is 2.12 bits per heavy atom. The van der Waals surface area contributed by atoms with Crippen molar-refractivity contribution in [2.45, 2.75) is 6.42 Å². The average Bonchev–Trinajstić information content (AvgIpc) is 2.29. The molecule has 1 aliphatic heterocycles. The highest BCUT2D eigenvalue weighted by atomic mass is 19.1. The quantitative estimate of drug-likeness (QED) is 0.637. The Hall–Kier alpha value is -1.82. The highest BCUT2D eigenvalue weighted by Crippen LogP contribution is 2.32.